The normalized spacial score (nSPS) is 11.7. The summed E-state index contributed by atoms with van der Waals surface area (Å²) < 4.78 is 26.9. The van der Waals surface area contributed by atoms with Crippen LogP contribution in [-0.4, -0.2) is 17.9 Å². The van der Waals surface area contributed by atoms with Crippen LogP contribution in [0, 0.1) is 11.6 Å². The molecule has 6 heteroatoms. The highest BCUT2D eigenvalue weighted by molar-refractivity contribution is 5.87. The van der Waals surface area contributed by atoms with Crippen LogP contribution in [0.25, 0.3) is 0 Å². The van der Waals surface area contributed by atoms with E-state index in [4.69, 9.17) is 5.73 Å². The van der Waals surface area contributed by atoms with E-state index in [1.54, 1.807) is 6.08 Å². The van der Waals surface area contributed by atoms with E-state index in [-0.39, 0.29) is 5.56 Å². The van der Waals surface area contributed by atoms with E-state index in [2.05, 4.69) is 11.9 Å². The molecule has 0 spiro atoms. The number of benzene rings is 1. The number of amides is 2. The highest BCUT2D eigenvalue weighted by Gasteiger charge is 2.19. The number of primary amides is 1. The first-order valence-corrected chi connectivity index (χ1v) is 6.58. The Morgan fingerprint density at radius 3 is 2.48 bits per heavy atom. The SMILES string of the molecule is C=CCCC[C@@H](NC(=O)Cc1c(F)cccc1F)C(N)=O. The van der Waals surface area contributed by atoms with Gasteiger partial charge in [-0.2, -0.15) is 0 Å². The van der Waals surface area contributed by atoms with Crippen molar-refractivity contribution in [1.29, 1.82) is 0 Å². The number of rotatable bonds is 8. The lowest BCUT2D eigenvalue weighted by molar-refractivity contribution is -0.127. The third-order valence-electron chi connectivity index (χ3n) is 2.98. The number of allylic oxidation sites excluding steroid dienone is 1. The Kier molecular flexibility index (Phi) is 6.52. The molecule has 1 atom stereocenters. The average molecular weight is 296 g/mol. The van der Waals surface area contributed by atoms with Gasteiger partial charge in [0, 0.05) is 5.56 Å². The van der Waals surface area contributed by atoms with Gasteiger partial charge in [0.15, 0.2) is 0 Å². The minimum atomic E-state index is -0.854. The summed E-state index contributed by atoms with van der Waals surface area (Å²) in [4.78, 5) is 23.0. The molecule has 1 rings (SSSR count). The molecule has 0 unspecified atom stereocenters. The van der Waals surface area contributed by atoms with Gasteiger partial charge < -0.3 is 11.1 Å². The lowest BCUT2D eigenvalue weighted by Gasteiger charge is -2.15. The zero-order valence-electron chi connectivity index (χ0n) is 11.6. The summed E-state index contributed by atoms with van der Waals surface area (Å²) in [6, 6.07) is 2.50. The molecule has 0 aromatic heterocycles. The molecule has 21 heavy (non-hydrogen) atoms. The van der Waals surface area contributed by atoms with Crippen LogP contribution < -0.4 is 11.1 Å². The van der Waals surface area contributed by atoms with Crippen molar-refractivity contribution >= 4 is 11.8 Å². The molecule has 3 N–H and O–H groups in total. The Morgan fingerprint density at radius 1 is 1.33 bits per heavy atom. The second-order valence-corrected chi connectivity index (χ2v) is 4.62. The maximum Gasteiger partial charge on any atom is 0.239 e. The summed E-state index contributed by atoms with van der Waals surface area (Å²) in [7, 11) is 0. The number of nitrogens with two attached hydrogens (primary N) is 1. The van der Waals surface area contributed by atoms with Gasteiger partial charge in [-0.25, -0.2) is 8.78 Å². The van der Waals surface area contributed by atoms with Crippen molar-refractivity contribution in [2.24, 2.45) is 5.73 Å². The first-order chi connectivity index (χ1) is 9.95. The van der Waals surface area contributed by atoms with Gasteiger partial charge in [-0.05, 0) is 31.4 Å². The van der Waals surface area contributed by atoms with E-state index in [9.17, 15) is 18.4 Å². The van der Waals surface area contributed by atoms with Crippen molar-refractivity contribution in [2.75, 3.05) is 0 Å². The number of halogens is 2. The van der Waals surface area contributed by atoms with Crippen LogP contribution in [0.15, 0.2) is 30.9 Å². The van der Waals surface area contributed by atoms with Crippen LogP contribution >= 0.6 is 0 Å². The molecule has 0 bridgehead atoms. The Labute approximate surface area is 122 Å². The van der Waals surface area contributed by atoms with E-state index in [1.807, 2.05) is 0 Å². The van der Waals surface area contributed by atoms with Gasteiger partial charge in [-0.15, -0.1) is 6.58 Å². The summed E-state index contributed by atoms with van der Waals surface area (Å²) in [5.41, 5.74) is 4.86. The zero-order valence-corrected chi connectivity index (χ0v) is 11.6. The van der Waals surface area contributed by atoms with Crippen molar-refractivity contribution in [3.05, 3.63) is 48.1 Å². The maximum atomic E-state index is 13.4. The third kappa shape index (κ3) is 5.33. The summed E-state index contributed by atoms with van der Waals surface area (Å²) in [6.07, 6.45) is 2.87. The number of nitrogens with one attached hydrogen (secondary N) is 1. The monoisotopic (exact) mass is 296 g/mol. The minimum Gasteiger partial charge on any atom is -0.368 e. The fourth-order valence-corrected chi connectivity index (χ4v) is 1.86. The quantitative estimate of drug-likeness (QED) is 0.567. The predicted molar refractivity (Wildman–Crippen MR) is 75.2 cm³/mol. The third-order valence-corrected chi connectivity index (χ3v) is 2.98. The predicted octanol–water partition coefficient (Wildman–Crippen LogP) is 1.83. The van der Waals surface area contributed by atoms with Crippen molar-refractivity contribution in [2.45, 2.75) is 31.7 Å². The molecule has 0 aliphatic carbocycles. The molecule has 2 amide bonds. The average Bonchev–Trinajstić information content (AvgIpc) is 2.42. The molecular weight excluding hydrogens is 278 g/mol. The first-order valence-electron chi connectivity index (χ1n) is 6.58. The molecule has 0 saturated heterocycles. The summed E-state index contributed by atoms with van der Waals surface area (Å²) in [6.45, 7) is 3.55. The van der Waals surface area contributed by atoms with Crippen LogP contribution in [-0.2, 0) is 16.0 Å². The molecule has 114 valence electrons. The molecule has 0 aliphatic rings. The molecule has 0 aliphatic heterocycles. The minimum absolute atomic E-state index is 0.329. The second kappa shape index (κ2) is 8.14. The Bertz CT molecular complexity index is 512. The maximum absolute atomic E-state index is 13.4. The van der Waals surface area contributed by atoms with Crippen molar-refractivity contribution in [3.8, 4) is 0 Å². The van der Waals surface area contributed by atoms with E-state index >= 15 is 0 Å². The fraction of sp³-hybridized carbons (Fsp3) is 0.333. The Hall–Kier alpha value is -2.24. The summed E-state index contributed by atoms with van der Waals surface area (Å²) in [5.74, 6) is -2.93. The molecule has 0 radical (unpaired) electrons. The highest BCUT2D eigenvalue weighted by atomic mass is 19.1. The smallest absolute Gasteiger partial charge is 0.239 e. The molecule has 0 saturated carbocycles. The van der Waals surface area contributed by atoms with Crippen LogP contribution in [0.2, 0.25) is 0 Å². The summed E-state index contributed by atoms with van der Waals surface area (Å²) >= 11 is 0. The van der Waals surface area contributed by atoms with Gasteiger partial charge in [0.1, 0.15) is 17.7 Å². The lowest BCUT2D eigenvalue weighted by atomic mass is 10.1. The van der Waals surface area contributed by atoms with Gasteiger partial charge in [-0.3, -0.25) is 9.59 Å². The van der Waals surface area contributed by atoms with E-state index in [0.29, 0.717) is 19.3 Å². The number of hydrogen-bond acceptors (Lipinski definition) is 2. The van der Waals surface area contributed by atoms with Gasteiger partial charge in [0.05, 0.1) is 6.42 Å². The molecule has 4 nitrogen and oxygen atoms in total. The lowest BCUT2D eigenvalue weighted by Crippen LogP contribution is -2.45. The molecule has 1 aromatic rings. The van der Waals surface area contributed by atoms with Crippen molar-refractivity contribution in [1.82, 2.24) is 5.32 Å². The number of unbranched alkanes of at least 4 members (excludes halogenated alkanes) is 1. The first kappa shape index (κ1) is 16.8. The highest BCUT2D eigenvalue weighted by Crippen LogP contribution is 2.13. The second-order valence-electron chi connectivity index (χ2n) is 4.62. The van der Waals surface area contributed by atoms with Crippen LogP contribution in [0.5, 0.6) is 0 Å². The molecule has 0 heterocycles. The molecular formula is C15H18F2N2O2. The topological polar surface area (TPSA) is 72.2 Å². The number of hydrogen-bond donors (Lipinski definition) is 2. The van der Waals surface area contributed by atoms with Gasteiger partial charge in [0.2, 0.25) is 11.8 Å². The largest absolute Gasteiger partial charge is 0.368 e. The summed E-state index contributed by atoms with van der Waals surface area (Å²) in [5, 5.41) is 2.40. The van der Waals surface area contributed by atoms with Crippen molar-refractivity contribution in [3.63, 3.8) is 0 Å². The van der Waals surface area contributed by atoms with E-state index < -0.39 is 35.9 Å². The van der Waals surface area contributed by atoms with Gasteiger partial charge in [-0.1, -0.05) is 12.1 Å². The van der Waals surface area contributed by atoms with Gasteiger partial charge in [0.25, 0.3) is 0 Å². The van der Waals surface area contributed by atoms with Crippen LogP contribution in [0.4, 0.5) is 8.78 Å². The zero-order chi connectivity index (χ0) is 15.8. The van der Waals surface area contributed by atoms with Crippen LogP contribution in [0.1, 0.15) is 24.8 Å². The van der Waals surface area contributed by atoms with Crippen LogP contribution in [0.3, 0.4) is 0 Å². The fourth-order valence-electron chi connectivity index (χ4n) is 1.86. The van der Waals surface area contributed by atoms with E-state index in [0.717, 1.165) is 12.1 Å². The van der Waals surface area contributed by atoms with Gasteiger partial charge >= 0.3 is 0 Å². The molecule has 0 fully saturated rings. The number of carbonyl (C=O) groups excluding carboxylic acids is 2. The number of carbonyl (C=O) groups is 2. The van der Waals surface area contributed by atoms with Crippen molar-refractivity contribution < 1.29 is 18.4 Å². The Morgan fingerprint density at radius 2 is 1.95 bits per heavy atom. The molecule has 1 aromatic carbocycles. The standard InChI is InChI=1S/C15H18F2N2O2/c1-2-3-4-8-13(15(18)21)19-14(20)9-10-11(16)6-5-7-12(10)17/h2,5-7,13H,1,3-4,8-9H2,(H2,18,21)(H,19,20)/t13-/m1/s1. The van der Waals surface area contributed by atoms with E-state index in [1.165, 1.54) is 6.07 Å². The Balaban J connectivity index is 2.65.